The van der Waals surface area contributed by atoms with Crippen LogP contribution in [-0.2, 0) is 16.1 Å². The molecule has 0 radical (unpaired) electrons. The normalized spacial score (nSPS) is 15.9. The van der Waals surface area contributed by atoms with E-state index in [0.29, 0.717) is 5.56 Å². The lowest BCUT2D eigenvalue weighted by atomic mass is 9.95. The number of carbonyl (C=O) groups is 2. The smallest absolute Gasteiger partial charge is 0.271 e. The summed E-state index contributed by atoms with van der Waals surface area (Å²) >= 11 is 0. The Kier molecular flexibility index (Phi) is 6.20. The fraction of sp³-hybridized carbons (Fsp3) is 0.286. The largest absolute Gasteiger partial charge is 0.494 e. The quantitative estimate of drug-likeness (QED) is 0.616. The molecule has 1 aliphatic rings. The van der Waals surface area contributed by atoms with Gasteiger partial charge >= 0.3 is 0 Å². The number of pyridine rings is 1. The van der Waals surface area contributed by atoms with Gasteiger partial charge in [-0.1, -0.05) is 6.08 Å². The van der Waals surface area contributed by atoms with Crippen molar-refractivity contribution in [1.82, 2.24) is 9.47 Å². The van der Waals surface area contributed by atoms with E-state index in [1.54, 1.807) is 20.8 Å². The number of hydrogen-bond acceptors (Lipinski definition) is 6. The summed E-state index contributed by atoms with van der Waals surface area (Å²) in [6, 6.07) is 3.69. The van der Waals surface area contributed by atoms with E-state index in [-0.39, 0.29) is 46.8 Å². The van der Waals surface area contributed by atoms with Crippen molar-refractivity contribution in [1.29, 1.82) is 10.5 Å². The van der Waals surface area contributed by atoms with Gasteiger partial charge in [0.25, 0.3) is 17.4 Å². The minimum Gasteiger partial charge on any atom is -0.494 e. The van der Waals surface area contributed by atoms with Gasteiger partial charge in [0, 0.05) is 24.2 Å². The van der Waals surface area contributed by atoms with Crippen LogP contribution >= 0.6 is 0 Å². The molecule has 0 atom stereocenters. The predicted octanol–water partition coefficient (Wildman–Crippen LogP) is 1.92. The van der Waals surface area contributed by atoms with Gasteiger partial charge in [0.2, 0.25) is 5.88 Å². The van der Waals surface area contributed by atoms with Crippen molar-refractivity contribution < 1.29 is 14.7 Å². The van der Waals surface area contributed by atoms with E-state index in [4.69, 9.17) is 0 Å². The zero-order valence-corrected chi connectivity index (χ0v) is 16.6. The third-order valence-electron chi connectivity index (χ3n) is 4.83. The molecule has 8 heteroatoms. The molecular weight excluding hydrogens is 372 g/mol. The number of imide groups is 1. The van der Waals surface area contributed by atoms with Gasteiger partial charge in [-0.2, -0.15) is 10.5 Å². The summed E-state index contributed by atoms with van der Waals surface area (Å²) in [6.45, 7) is 6.69. The Morgan fingerprint density at radius 3 is 2.21 bits per heavy atom. The van der Waals surface area contributed by atoms with Crippen molar-refractivity contribution in [2.45, 2.75) is 34.2 Å². The molecule has 1 aromatic rings. The van der Waals surface area contributed by atoms with Crippen molar-refractivity contribution in [3.8, 4) is 18.0 Å². The van der Waals surface area contributed by atoms with Crippen LogP contribution in [0.3, 0.4) is 0 Å². The van der Waals surface area contributed by atoms with E-state index in [0.717, 1.165) is 9.47 Å². The summed E-state index contributed by atoms with van der Waals surface area (Å²) in [6.07, 6.45) is 4.39. The van der Waals surface area contributed by atoms with Gasteiger partial charge in [-0.25, -0.2) is 0 Å². The number of nitriles is 2. The molecule has 2 heterocycles. The van der Waals surface area contributed by atoms with Crippen LogP contribution in [0.25, 0.3) is 6.08 Å². The lowest BCUT2D eigenvalue weighted by Gasteiger charge is -2.25. The predicted molar refractivity (Wildman–Crippen MR) is 105 cm³/mol. The Hall–Kier alpha value is -3.91. The molecule has 29 heavy (non-hydrogen) atoms. The first-order valence-corrected chi connectivity index (χ1v) is 8.97. The van der Waals surface area contributed by atoms with Crippen molar-refractivity contribution >= 4 is 17.9 Å². The second-order valence-corrected chi connectivity index (χ2v) is 6.30. The van der Waals surface area contributed by atoms with Crippen LogP contribution in [0.15, 0.2) is 33.7 Å². The number of allylic oxidation sites excluding steroid dienone is 2. The van der Waals surface area contributed by atoms with Gasteiger partial charge < -0.3 is 5.11 Å². The third-order valence-corrected chi connectivity index (χ3v) is 4.83. The lowest BCUT2D eigenvalue weighted by Crippen LogP contribution is -2.42. The Balaban J connectivity index is 2.63. The van der Waals surface area contributed by atoms with Crippen LogP contribution in [0.1, 0.15) is 37.5 Å². The third kappa shape index (κ3) is 3.48. The van der Waals surface area contributed by atoms with E-state index in [1.807, 2.05) is 12.1 Å². The Morgan fingerprint density at radius 1 is 1.03 bits per heavy atom. The van der Waals surface area contributed by atoms with E-state index in [1.165, 1.54) is 25.2 Å². The average Bonchev–Trinajstić information content (AvgIpc) is 2.68. The molecule has 0 aliphatic carbocycles. The van der Waals surface area contributed by atoms with Crippen molar-refractivity contribution in [2.75, 3.05) is 6.54 Å². The van der Waals surface area contributed by atoms with Gasteiger partial charge in [0.15, 0.2) is 0 Å². The molecule has 1 aromatic heterocycles. The molecule has 0 bridgehead atoms. The first-order chi connectivity index (χ1) is 13.7. The van der Waals surface area contributed by atoms with Crippen LogP contribution in [0.4, 0.5) is 0 Å². The molecule has 0 unspecified atom stereocenters. The summed E-state index contributed by atoms with van der Waals surface area (Å²) in [7, 11) is 0. The first kappa shape index (κ1) is 21.4. The Bertz CT molecular complexity index is 1140. The van der Waals surface area contributed by atoms with Gasteiger partial charge in [-0.3, -0.25) is 23.9 Å². The summed E-state index contributed by atoms with van der Waals surface area (Å²) in [4.78, 5) is 38.0. The van der Waals surface area contributed by atoms with Crippen LogP contribution < -0.4 is 5.56 Å². The maximum absolute atomic E-state index is 12.6. The molecule has 1 N–H and O–H groups in total. The van der Waals surface area contributed by atoms with E-state index >= 15 is 0 Å². The molecule has 0 fully saturated rings. The molecule has 0 spiro atoms. The topological polar surface area (TPSA) is 127 Å². The van der Waals surface area contributed by atoms with Gasteiger partial charge in [0.1, 0.15) is 23.3 Å². The fourth-order valence-electron chi connectivity index (χ4n) is 3.15. The Morgan fingerprint density at radius 2 is 1.69 bits per heavy atom. The molecule has 148 valence electrons. The SMILES string of the molecule is CCN1C(=O)C(C#N)=C(C)/C(=C\C=C\c2c(C)c(C#N)c(=O)n(CC)c2O)C1=O. The minimum absolute atomic E-state index is 0.0729. The second-order valence-electron chi connectivity index (χ2n) is 6.30. The summed E-state index contributed by atoms with van der Waals surface area (Å²) < 4.78 is 1.08. The highest BCUT2D eigenvalue weighted by atomic mass is 16.3. The Labute approximate surface area is 167 Å². The average molecular weight is 392 g/mol. The number of hydrogen-bond donors (Lipinski definition) is 1. The van der Waals surface area contributed by atoms with Gasteiger partial charge in [-0.05, 0) is 51.0 Å². The van der Waals surface area contributed by atoms with E-state index in [2.05, 4.69) is 0 Å². The van der Waals surface area contributed by atoms with Gasteiger partial charge in [-0.15, -0.1) is 0 Å². The number of rotatable bonds is 4. The second kappa shape index (κ2) is 8.41. The van der Waals surface area contributed by atoms with Crippen molar-refractivity contribution in [2.24, 2.45) is 0 Å². The summed E-state index contributed by atoms with van der Waals surface area (Å²) in [5.74, 6) is -1.43. The monoisotopic (exact) mass is 392 g/mol. The number of carbonyl (C=O) groups excluding carboxylic acids is 2. The molecule has 0 saturated carbocycles. The van der Waals surface area contributed by atoms with Crippen LogP contribution in [0.5, 0.6) is 5.88 Å². The zero-order chi connectivity index (χ0) is 21.9. The minimum atomic E-state index is -0.624. The molecule has 2 amide bonds. The van der Waals surface area contributed by atoms with Crippen molar-refractivity contribution in [3.63, 3.8) is 0 Å². The summed E-state index contributed by atoms with van der Waals surface area (Å²) in [5.41, 5.74) is 0.299. The first-order valence-electron chi connectivity index (χ1n) is 8.97. The lowest BCUT2D eigenvalue weighted by molar-refractivity contribution is -0.140. The number of nitrogens with zero attached hydrogens (tertiary/aromatic N) is 4. The highest BCUT2D eigenvalue weighted by Crippen LogP contribution is 2.26. The maximum Gasteiger partial charge on any atom is 0.271 e. The molecule has 0 saturated heterocycles. The number of likely N-dealkylation sites (N-methyl/N-ethyl adjacent to an activating group) is 1. The summed E-state index contributed by atoms with van der Waals surface area (Å²) in [5, 5.41) is 28.9. The number of aromatic nitrogens is 1. The molecule has 0 aromatic carbocycles. The van der Waals surface area contributed by atoms with Crippen LogP contribution in [0, 0.1) is 29.6 Å². The van der Waals surface area contributed by atoms with E-state index in [9.17, 15) is 30.0 Å². The maximum atomic E-state index is 12.6. The number of amides is 2. The standard InChI is InChI=1S/C21H20N4O4/c1-5-24-18(26)14(12(3)16(10-22)20(24)28)8-7-9-15-13(4)17(11-23)21(29)25(6-2)19(15)27/h7-9,26H,5-6H2,1-4H3/b8-7+,15-9+. The van der Waals surface area contributed by atoms with Crippen molar-refractivity contribution in [3.05, 3.63) is 55.9 Å². The highest BCUT2D eigenvalue weighted by Gasteiger charge is 2.34. The fourth-order valence-corrected chi connectivity index (χ4v) is 3.15. The molecular formula is C21H20N4O4. The van der Waals surface area contributed by atoms with Gasteiger partial charge in [0.05, 0.1) is 0 Å². The zero-order valence-electron chi connectivity index (χ0n) is 16.6. The highest BCUT2D eigenvalue weighted by molar-refractivity contribution is 6.18. The molecule has 1 aliphatic heterocycles. The van der Waals surface area contributed by atoms with Crippen LogP contribution in [-0.4, -0.2) is 32.9 Å². The molecule has 8 nitrogen and oxygen atoms in total. The van der Waals surface area contributed by atoms with Crippen LogP contribution in [0.2, 0.25) is 0 Å². The molecule has 2 rings (SSSR count). The number of aromatic hydroxyl groups is 1. The van der Waals surface area contributed by atoms with E-state index < -0.39 is 17.4 Å².